The van der Waals surface area contributed by atoms with Gasteiger partial charge in [-0.2, -0.15) is 0 Å². The van der Waals surface area contributed by atoms with Crippen LogP contribution in [0.15, 0.2) is 97.1 Å². The van der Waals surface area contributed by atoms with Crippen LogP contribution in [0.3, 0.4) is 0 Å². The topological polar surface area (TPSA) is 103 Å². The molecule has 0 bridgehead atoms. The summed E-state index contributed by atoms with van der Waals surface area (Å²) in [4.78, 5) is 30.8. The Bertz CT molecular complexity index is 1610. The van der Waals surface area contributed by atoms with Gasteiger partial charge in [-0.25, -0.2) is 4.79 Å². The van der Waals surface area contributed by atoms with Gasteiger partial charge in [-0.05, 0) is 67.1 Å². The molecule has 5 rings (SSSR count). The van der Waals surface area contributed by atoms with Crippen LogP contribution in [0, 0.1) is 5.92 Å². The fourth-order valence-corrected chi connectivity index (χ4v) is 5.64. The lowest BCUT2D eigenvalue weighted by molar-refractivity contribution is 0.0343. The maximum Gasteiger partial charge on any atom is 0.323 e. The molecule has 1 aliphatic heterocycles. The van der Waals surface area contributed by atoms with Gasteiger partial charge in [0.15, 0.2) is 5.75 Å². The van der Waals surface area contributed by atoms with Crippen LogP contribution in [0.25, 0.3) is 11.1 Å². The number of anilines is 2. The van der Waals surface area contributed by atoms with E-state index in [0.717, 1.165) is 0 Å². The Hall–Kier alpha value is -4.86. The smallest absolute Gasteiger partial charge is 0.323 e. The third-order valence-electron chi connectivity index (χ3n) is 8.29. The van der Waals surface area contributed by atoms with Crippen molar-refractivity contribution in [2.45, 2.75) is 32.5 Å². The number of hydrogen-bond donors (Lipinski definition) is 3. The van der Waals surface area contributed by atoms with Gasteiger partial charge < -0.3 is 30.1 Å². The summed E-state index contributed by atoms with van der Waals surface area (Å²) in [6, 6.07) is 30.1. The van der Waals surface area contributed by atoms with Crippen molar-refractivity contribution in [1.82, 2.24) is 9.80 Å². The summed E-state index contributed by atoms with van der Waals surface area (Å²) in [6.45, 7) is 5.41. The van der Waals surface area contributed by atoms with Crippen molar-refractivity contribution in [2.75, 3.05) is 44.5 Å². The number of amides is 3. The van der Waals surface area contributed by atoms with Crippen molar-refractivity contribution in [1.29, 1.82) is 0 Å². The monoisotopic (exact) mass is 622 g/mol. The van der Waals surface area contributed by atoms with Crippen LogP contribution in [0.4, 0.5) is 16.2 Å². The molecule has 0 saturated heterocycles. The molecule has 0 fully saturated rings. The minimum atomic E-state index is -0.474. The number of aliphatic hydroxyl groups excluding tert-OH is 1. The van der Waals surface area contributed by atoms with E-state index in [0.29, 0.717) is 48.1 Å². The predicted octanol–water partition coefficient (Wildman–Crippen LogP) is 6.36. The van der Waals surface area contributed by atoms with Crippen LogP contribution in [0.5, 0.6) is 11.5 Å². The standard InChI is InChI=1S/C37H42N4O5/c1-25-21-41(26(2)24-42)36(43)32-11-8-12-33(39-37(44)38-30-17-19-31(45-4)20-18-30)35(32)46-34(25)23-40(3)22-27-13-15-29(16-14-27)28-9-6-5-7-10-28/h5-20,25-26,34,42H,21-24H2,1-4H3,(H2,38,39,44)/t25-,26-,34+/m0/s1. The number of ether oxygens (including phenoxy) is 2. The second-order valence-corrected chi connectivity index (χ2v) is 11.9. The number of likely N-dealkylation sites (N-methyl/N-ethyl adjacent to an activating group) is 1. The zero-order chi connectivity index (χ0) is 32.6. The molecular weight excluding hydrogens is 580 g/mol. The summed E-state index contributed by atoms with van der Waals surface area (Å²) >= 11 is 0. The number of rotatable bonds is 10. The first kappa shape index (κ1) is 32.5. The Morgan fingerprint density at radius 1 is 0.978 bits per heavy atom. The molecule has 0 radical (unpaired) electrons. The average Bonchev–Trinajstić information content (AvgIpc) is 3.07. The summed E-state index contributed by atoms with van der Waals surface area (Å²) in [5, 5.41) is 15.7. The van der Waals surface area contributed by atoms with E-state index in [2.05, 4.69) is 58.9 Å². The summed E-state index contributed by atoms with van der Waals surface area (Å²) in [7, 11) is 3.63. The molecule has 0 aliphatic carbocycles. The van der Waals surface area contributed by atoms with Crippen molar-refractivity contribution in [3.63, 3.8) is 0 Å². The van der Waals surface area contributed by atoms with Crippen LogP contribution in [0.2, 0.25) is 0 Å². The lowest BCUT2D eigenvalue weighted by Gasteiger charge is -2.38. The van der Waals surface area contributed by atoms with E-state index in [-0.39, 0.29) is 24.5 Å². The van der Waals surface area contributed by atoms with Gasteiger partial charge >= 0.3 is 6.03 Å². The quantitative estimate of drug-likeness (QED) is 0.190. The van der Waals surface area contributed by atoms with Gasteiger partial charge in [0.25, 0.3) is 5.91 Å². The molecule has 0 unspecified atom stereocenters. The zero-order valence-corrected chi connectivity index (χ0v) is 26.8. The fourth-order valence-electron chi connectivity index (χ4n) is 5.64. The molecule has 240 valence electrons. The van der Waals surface area contributed by atoms with Crippen molar-refractivity contribution in [3.05, 3.63) is 108 Å². The number of hydrogen-bond acceptors (Lipinski definition) is 6. The van der Waals surface area contributed by atoms with Gasteiger partial charge in [0.05, 0.1) is 31.0 Å². The molecule has 4 aromatic carbocycles. The molecule has 0 aromatic heterocycles. The zero-order valence-electron chi connectivity index (χ0n) is 26.8. The lowest BCUT2D eigenvalue weighted by Crippen LogP contribution is -2.49. The minimum absolute atomic E-state index is 0.0739. The number of urea groups is 1. The number of nitrogens with one attached hydrogen (secondary N) is 2. The van der Waals surface area contributed by atoms with Gasteiger partial charge in [0, 0.05) is 31.2 Å². The Morgan fingerprint density at radius 2 is 1.67 bits per heavy atom. The first-order valence-electron chi connectivity index (χ1n) is 15.5. The number of para-hydroxylation sites is 1. The van der Waals surface area contributed by atoms with E-state index in [1.165, 1.54) is 16.7 Å². The Kier molecular flexibility index (Phi) is 10.6. The molecule has 3 N–H and O–H groups in total. The van der Waals surface area contributed by atoms with Crippen LogP contribution < -0.4 is 20.1 Å². The van der Waals surface area contributed by atoms with E-state index in [1.54, 1.807) is 54.5 Å². The molecular formula is C37H42N4O5. The van der Waals surface area contributed by atoms with Gasteiger partial charge in [-0.1, -0.05) is 67.6 Å². The van der Waals surface area contributed by atoms with Crippen LogP contribution in [-0.2, 0) is 6.54 Å². The fraction of sp³-hybridized carbons (Fsp3) is 0.297. The van der Waals surface area contributed by atoms with Crippen molar-refractivity contribution in [2.24, 2.45) is 5.92 Å². The molecule has 46 heavy (non-hydrogen) atoms. The third kappa shape index (κ3) is 7.85. The predicted molar refractivity (Wildman–Crippen MR) is 181 cm³/mol. The van der Waals surface area contributed by atoms with Crippen LogP contribution in [0.1, 0.15) is 29.8 Å². The van der Waals surface area contributed by atoms with Gasteiger partial charge in [-0.3, -0.25) is 9.69 Å². The first-order valence-corrected chi connectivity index (χ1v) is 15.5. The molecule has 1 aliphatic rings. The maximum absolute atomic E-state index is 13.8. The molecule has 3 amide bonds. The molecule has 3 atom stereocenters. The van der Waals surface area contributed by atoms with Gasteiger partial charge in [-0.15, -0.1) is 0 Å². The van der Waals surface area contributed by atoms with Gasteiger partial charge in [0.2, 0.25) is 0 Å². The highest BCUT2D eigenvalue weighted by Gasteiger charge is 2.34. The highest BCUT2D eigenvalue weighted by molar-refractivity contribution is 6.04. The molecule has 4 aromatic rings. The number of aliphatic hydroxyl groups is 1. The van der Waals surface area contributed by atoms with E-state index < -0.39 is 12.1 Å². The number of methoxy groups -OCH3 is 1. The molecule has 0 spiro atoms. The molecule has 9 nitrogen and oxygen atoms in total. The van der Waals surface area contributed by atoms with Crippen LogP contribution >= 0.6 is 0 Å². The van der Waals surface area contributed by atoms with Crippen molar-refractivity contribution >= 4 is 23.3 Å². The average molecular weight is 623 g/mol. The Morgan fingerprint density at radius 3 is 2.35 bits per heavy atom. The van der Waals surface area contributed by atoms with E-state index in [4.69, 9.17) is 9.47 Å². The number of fused-ring (bicyclic) bond motifs is 1. The lowest BCUT2D eigenvalue weighted by atomic mass is 9.98. The summed E-state index contributed by atoms with van der Waals surface area (Å²) in [5.41, 5.74) is 4.81. The number of benzene rings is 4. The number of carbonyl (C=O) groups is 2. The molecule has 9 heteroatoms. The van der Waals surface area contributed by atoms with E-state index >= 15 is 0 Å². The van der Waals surface area contributed by atoms with Crippen molar-refractivity contribution < 1.29 is 24.2 Å². The molecule has 0 saturated carbocycles. The largest absolute Gasteiger partial charge is 0.497 e. The summed E-state index contributed by atoms with van der Waals surface area (Å²) < 4.78 is 11.9. The van der Waals surface area contributed by atoms with E-state index in [9.17, 15) is 14.7 Å². The highest BCUT2D eigenvalue weighted by Crippen LogP contribution is 2.35. The second-order valence-electron chi connectivity index (χ2n) is 11.9. The maximum atomic E-state index is 13.8. The van der Waals surface area contributed by atoms with Crippen molar-refractivity contribution in [3.8, 4) is 22.6 Å². The number of carbonyl (C=O) groups excluding carboxylic acids is 2. The van der Waals surface area contributed by atoms with E-state index in [1.807, 2.05) is 32.2 Å². The summed E-state index contributed by atoms with van der Waals surface area (Å²) in [6.07, 6.45) is -0.318. The Labute approximate surface area is 270 Å². The normalized spacial score (nSPS) is 16.9. The summed E-state index contributed by atoms with van der Waals surface area (Å²) in [5.74, 6) is 0.658. The Balaban J connectivity index is 1.36. The SMILES string of the molecule is COc1ccc(NC(=O)Nc2cccc3c2O[C@H](CN(C)Cc2ccc(-c4ccccc4)cc2)[C@@H](C)CN([C@@H](C)CO)C3=O)cc1. The van der Waals surface area contributed by atoms with Crippen LogP contribution in [-0.4, -0.2) is 72.8 Å². The second kappa shape index (κ2) is 14.9. The minimum Gasteiger partial charge on any atom is -0.497 e. The number of nitrogens with zero attached hydrogens (tertiary/aromatic N) is 2. The third-order valence-corrected chi connectivity index (χ3v) is 8.29. The van der Waals surface area contributed by atoms with Gasteiger partial charge in [0.1, 0.15) is 11.9 Å². The highest BCUT2D eigenvalue weighted by atomic mass is 16.5. The first-order chi connectivity index (χ1) is 22.2. The molecule has 1 heterocycles.